The molecule has 0 spiro atoms. The summed E-state index contributed by atoms with van der Waals surface area (Å²) in [6.07, 6.45) is 5.37. The van der Waals surface area contributed by atoms with Gasteiger partial charge >= 0.3 is 5.69 Å². The molecule has 4 rings (SSSR count). The number of hydrogen-bond donors (Lipinski definition) is 2. The Balaban J connectivity index is 1.61. The van der Waals surface area contributed by atoms with Crippen molar-refractivity contribution in [2.75, 3.05) is 5.32 Å². The van der Waals surface area contributed by atoms with Crippen molar-refractivity contribution in [2.24, 2.45) is 0 Å². The van der Waals surface area contributed by atoms with Crippen molar-refractivity contribution in [3.05, 3.63) is 51.8 Å². The standard InChI is InChI=1S/C21H25FN6O2/c1-13-10-16(8-9-17(13)22)25-20-23-14(2)11-18-26-27(21(30)28(18)20)12-19(29)24-15-6-4-3-5-7-15/h8-11,15H,3-7,12H2,1-2H3,(H,23,25)(H,24,29). The molecule has 1 aliphatic carbocycles. The average Bonchev–Trinajstić information content (AvgIpc) is 3.00. The van der Waals surface area contributed by atoms with E-state index < -0.39 is 5.69 Å². The summed E-state index contributed by atoms with van der Waals surface area (Å²) in [5.74, 6) is -0.266. The molecule has 0 radical (unpaired) electrons. The van der Waals surface area contributed by atoms with E-state index >= 15 is 0 Å². The molecule has 2 N–H and O–H groups in total. The Hall–Kier alpha value is -3.23. The van der Waals surface area contributed by atoms with Crippen molar-refractivity contribution in [2.45, 2.75) is 58.5 Å². The van der Waals surface area contributed by atoms with Crippen LogP contribution < -0.4 is 16.3 Å². The van der Waals surface area contributed by atoms with Crippen LogP contribution in [0, 0.1) is 19.7 Å². The number of rotatable bonds is 5. The third kappa shape index (κ3) is 4.19. The number of benzene rings is 1. The Labute approximate surface area is 173 Å². The zero-order valence-electron chi connectivity index (χ0n) is 17.1. The lowest BCUT2D eigenvalue weighted by Crippen LogP contribution is -2.40. The highest BCUT2D eigenvalue weighted by Crippen LogP contribution is 2.19. The first-order valence-electron chi connectivity index (χ1n) is 10.2. The van der Waals surface area contributed by atoms with Crippen LogP contribution in [0.4, 0.5) is 16.0 Å². The van der Waals surface area contributed by atoms with Crippen molar-refractivity contribution in [3.63, 3.8) is 0 Å². The number of amides is 1. The van der Waals surface area contributed by atoms with Gasteiger partial charge in [-0.05, 0) is 50.5 Å². The molecule has 0 unspecified atom stereocenters. The SMILES string of the molecule is Cc1cc2nn(CC(=O)NC3CCCCC3)c(=O)n2c(Nc2ccc(F)c(C)c2)n1. The zero-order chi connectivity index (χ0) is 21.3. The molecular formula is C21H25FN6O2. The van der Waals surface area contributed by atoms with Crippen LogP contribution in [0.5, 0.6) is 0 Å². The van der Waals surface area contributed by atoms with Gasteiger partial charge in [0.1, 0.15) is 12.4 Å². The van der Waals surface area contributed by atoms with E-state index in [2.05, 4.69) is 20.7 Å². The Morgan fingerprint density at radius 3 is 2.70 bits per heavy atom. The first kappa shape index (κ1) is 20.1. The number of fused-ring (bicyclic) bond motifs is 1. The van der Waals surface area contributed by atoms with Crippen LogP contribution in [0.1, 0.15) is 43.4 Å². The third-order valence-corrected chi connectivity index (χ3v) is 5.37. The summed E-state index contributed by atoms with van der Waals surface area (Å²) in [6, 6.07) is 6.41. The summed E-state index contributed by atoms with van der Waals surface area (Å²) < 4.78 is 16.0. The van der Waals surface area contributed by atoms with E-state index in [-0.39, 0.29) is 30.3 Å². The lowest BCUT2D eigenvalue weighted by atomic mass is 9.95. The summed E-state index contributed by atoms with van der Waals surface area (Å²) in [5.41, 5.74) is 1.67. The summed E-state index contributed by atoms with van der Waals surface area (Å²) >= 11 is 0. The van der Waals surface area contributed by atoms with Gasteiger partial charge in [-0.2, -0.15) is 0 Å². The zero-order valence-corrected chi connectivity index (χ0v) is 17.1. The van der Waals surface area contributed by atoms with Crippen LogP contribution in [-0.2, 0) is 11.3 Å². The van der Waals surface area contributed by atoms with E-state index in [0.29, 0.717) is 22.6 Å². The fraction of sp³-hybridized carbons (Fsp3) is 0.429. The molecule has 2 aromatic heterocycles. The van der Waals surface area contributed by atoms with Gasteiger partial charge in [-0.15, -0.1) is 5.10 Å². The highest BCUT2D eigenvalue weighted by atomic mass is 19.1. The topological polar surface area (TPSA) is 93.3 Å². The van der Waals surface area contributed by atoms with E-state index in [9.17, 15) is 14.0 Å². The van der Waals surface area contributed by atoms with Crippen molar-refractivity contribution >= 4 is 23.2 Å². The molecule has 2 heterocycles. The Morgan fingerprint density at radius 1 is 1.20 bits per heavy atom. The van der Waals surface area contributed by atoms with Crippen LogP contribution in [0.15, 0.2) is 29.1 Å². The van der Waals surface area contributed by atoms with Gasteiger partial charge in [-0.3, -0.25) is 4.79 Å². The van der Waals surface area contributed by atoms with Gasteiger partial charge in [-0.25, -0.2) is 23.3 Å². The minimum atomic E-state index is -0.461. The fourth-order valence-corrected chi connectivity index (χ4v) is 3.85. The number of hydrogen-bond acceptors (Lipinski definition) is 5. The monoisotopic (exact) mass is 412 g/mol. The number of nitrogens with zero attached hydrogens (tertiary/aromatic N) is 4. The highest BCUT2D eigenvalue weighted by Gasteiger charge is 2.19. The number of carbonyl (C=O) groups is 1. The molecule has 3 aromatic rings. The van der Waals surface area contributed by atoms with E-state index in [1.807, 2.05) is 0 Å². The summed E-state index contributed by atoms with van der Waals surface area (Å²) in [5, 5.41) is 10.4. The van der Waals surface area contributed by atoms with Gasteiger partial charge in [-0.1, -0.05) is 19.3 Å². The number of halogens is 1. The van der Waals surface area contributed by atoms with E-state index in [1.165, 1.54) is 16.9 Å². The first-order valence-corrected chi connectivity index (χ1v) is 10.2. The molecular weight excluding hydrogens is 387 g/mol. The van der Waals surface area contributed by atoms with Crippen LogP contribution in [-0.4, -0.2) is 31.1 Å². The molecule has 0 bridgehead atoms. The Morgan fingerprint density at radius 2 is 1.97 bits per heavy atom. The van der Waals surface area contributed by atoms with Gasteiger partial charge in [0.2, 0.25) is 11.9 Å². The second-order valence-electron chi connectivity index (χ2n) is 7.85. The van der Waals surface area contributed by atoms with Gasteiger partial charge < -0.3 is 10.6 Å². The molecule has 0 aliphatic heterocycles. The van der Waals surface area contributed by atoms with E-state index in [1.54, 1.807) is 32.0 Å². The third-order valence-electron chi connectivity index (χ3n) is 5.37. The van der Waals surface area contributed by atoms with Gasteiger partial charge in [0.05, 0.1) is 0 Å². The van der Waals surface area contributed by atoms with E-state index in [0.717, 1.165) is 30.4 Å². The normalized spacial score (nSPS) is 14.8. The Bertz CT molecular complexity index is 1150. The maximum atomic E-state index is 13.6. The van der Waals surface area contributed by atoms with Crippen molar-refractivity contribution < 1.29 is 9.18 Å². The predicted molar refractivity (Wildman–Crippen MR) is 111 cm³/mol. The second-order valence-corrected chi connectivity index (χ2v) is 7.85. The van der Waals surface area contributed by atoms with Crippen LogP contribution in [0.25, 0.3) is 5.65 Å². The molecule has 1 aromatic carbocycles. The number of nitrogens with one attached hydrogen (secondary N) is 2. The van der Waals surface area contributed by atoms with Gasteiger partial charge in [0.25, 0.3) is 0 Å². The first-order chi connectivity index (χ1) is 14.4. The minimum absolute atomic E-state index is 0.148. The van der Waals surface area contributed by atoms with E-state index in [4.69, 9.17) is 0 Å². The average molecular weight is 412 g/mol. The number of anilines is 2. The molecule has 1 aliphatic rings. The molecule has 0 atom stereocenters. The minimum Gasteiger partial charge on any atom is -0.352 e. The smallest absolute Gasteiger partial charge is 0.352 e. The molecule has 0 saturated heterocycles. The van der Waals surface area contributed by atoms with Crippen LogP contribution in [0.3, 0.4) is 0 Å². The molecule has 9 heteroatoms. The summed E-state index contributed by atoms with van der Waals surface area (Å²) in [7, 11) is 0. The second kappa shape index (κ2) is 8.25. The number of aromatic nitrogens is 4. The molecule has 1 saturated carbocycles. The quantitative estimate of drug-likeness (QED) is 0.672. The largest absolute Gasteiger partial charge is 0.353 e. The van der Waals surface area contributed by atoms with Crippen molar-refractivity contribution in [1.29, 1.82) is 0 Å². The lowest BCUT2D eigenvalue weighted by molar-refractivity contribution is -0.122. The maximum absolute atomic E-state index is 13.6. The Kier molecular flexibility index (Phi) is 5.52. The summed E-state index contributed by atoms with van der Waals surface area (Å²) in [6.45, 7) is 3.31. The number of aryl methyl sites for hydroxylation is 2. The molecule has 30 heavy (non-hydrogen) atoms. The maximum Gasteiger partial charge on any atom is 0.353 e. The molecule has 1 amide bonds. The van der Waals surface area contributed by atoms with Gasteiger partial charge in [0, 0.05) is 23.5 Å². The fourth-order valence-electron chi connectivity index (χ4n) is 3.85. The molecule has 8 nitrogen and oxygen atoms in total. The molecule has 1 fully saturated rings. The lowest BCUT2D eigenvalue weighted by Gasteiger charge is -2.22. The predicted octanol–water partition coefficient (Wildman–Crippen LogP) is 2.84. The van der Waals surface area contributed by atoms with Crippen molar-refractivity contribution in [1.82, 2.24) is 24.5 Å². The van der Waals surface area contributed by atoms with Crippen LogP contribution in [0.2, 0.25) is 0 Å². The highest BCUT2D eigenvalue weighted by molar-refractivity contribution is 5.76. The number of carbonyl (C=O) groups excluding carboxylic acids is 1. The summed E-state index contributed by atoms with van der Waals surface area (Å²) in [4.78, 5) is 29.8. The van der Waals surface area contributed by atoms with Crippen LogP contribution >= 0.6 is 0 Å². The van der Waals surface area contributed by atoms with Gasteiger partial charge in [0.15, 0.2) is 5.65 Å². The molecule has 158 valence electrons. The van der Waals surface area contributed by atoms with Crippen molar-refractivity contribution in [3.8, 4) is 0 Å².